The first-order chi connectivity index (χ1) is 14.5. The maximum Gasteiger partial charge on any atom is 0.291 e. The van der Waals surface area contributed by atoms with Crippen molar-refractivity contribution in [1.29, 1.82) is 0 Å². The SMILES string of the molecule is CCc1nn(CCCC(=O)NCCCN(CC)CC)c(=O)c2cc3oc(C)cc3n12. The Kier molecular flexibility index (Phi) is 7.31. The molecule has 30 heavy (non-hydrogen) atoms. The first-order valence-corrected chi connectivity index (χ1v) is 11.0. The van der Waals surface area contributed by atoms with Gasteiger partial charge in [-0.3, -0.25) is 14.0 Å². The zero-order chi connectivity index (χ0) is 21.7. The fourth-order valence-corrected chi connectivity index (χ4v) is 3.84. The second-order valence-electron chi connectivity index (χ2n) is 7.60. The first kappa shape index (κ1) is 22.1. The number of amides is 1. The molecule has 3 aromatic heterocycles. The molecular weight excluding hydrogens is 382 g/mol. The van der Waals surface area contributed by atoms with E-state index in [1.54, 1.807) is 6.07 Å². The number of aryl methyl sites for hydroxylation is 3. The number of carbonyl (C=O) groups is 1. The smallest absolute Gasteiger partial charge is 0.291 e. The van der Waals surface area contributed by atoms with Crippen LogP contribution in [-0.4, -0.2) is 51.2 Å². The fraction of sp³-hybridized carbons (Fsp3) is 0.591. The minimum absolute atomic E-state index is 0.0232. The van der Waals surface area contributed by atoms with Gasteiger partial charge in [-0.1, -0.05) is 20.8 Å². The van der Waals surface area contributed by atoms with Crippen LogP contribution in [-0.2, 0) is 17.8 Å². The van der Waals surface area contributed by atoms with Crippen LogP contribution in [0, 0.1) is 6.92 Å². The first-order valence-electron chi connectivity index (χ1n) is 11.0. The van der Waals surface area contributed by atoms with E-state index in [9.17, 15) is 9.59 Å². The molecule has 0 saturated heterocycles. The molecule has 3 heterocycles. The van der Waals surface area contributed by atoms with Crippen LogP contribution < -0.4 is 10.9 Å². The molecule has 0 fully saturated rings. The third-order valence-electron chi connectivity index (χ3n) is 5.52. The number of furan rings is 1. The molecule has 0 aromatic carbocycles. The van der Waals surface area contributed by atoms with Crippen LogP contribution in [0.15, 0.2) is 21.3 Å². The monoisotopic (exact) mass is 415 g/mol. The van der Waals surface area contributed by atoms with Crippen LogP contribution in [0.25, 0.3) is 16.6 Å². The molecule has 0 radical (unpaired) electrons. The highest BCUT2D eigenvalue weighted by Gasteiger charge is 2.16. The van der Waals surface area contributed by atoms with E-state index in [1.165, 1.54) is 4.68 Å². The van der Waals surface area contributed by atoms with Gasteiger partial charge < -0.3 is 14.6 Å². The van der Waals surface area contributed by atoms with Crippen molar-refractivity contribution in [2.45, 2.75) is 59.9 Å². The lowest BCUT2D eigenvalue weighted by Gasteiger charge is -2.17. The van der Waals surface area contributed by atoms with Crippen LogP contribution in [0.1, 0.15) is 51.6 Å². The molecule has 0 bridgehead atoms. The second-order valence-corrected chi connectivity index (χ2v) is 7.60. The molecule has 0 atom stereocenters. The average Bonchev–Trinajstić information content (AvgIpc) is 3.26. The van der Waals surface area contributed by atoms with E-state index in [0.717, 1.165) is 43.2 Å². The summed E-state index contributed by atoms with van der Waals surface area (Å²) in [5.41, 5.74) is 1.98. The number of hydrogen-bond acceptors (Lipinski definition) is 5. The van der Waals surface area contributed by atoms with E-state index in [0.29, 0.717) is 43.5 Å². The van der Waals surface area contributed by atoms with Crippen molar-refractivity contribution < 1.29 is 9.21 Å². The zero-order valence-corrected chi connectivity index (χ0v) is 18.5. The molecule has 1 amide bonds. The van der Waals surface area contributed by atoms with Gasteiger partial charge in [-0.05, 0) is 39.4 Å². The number of carbonyl (C=O) groups excluding carboxylic acids is 1. The Hall–Kier alpha value is -2.61. The molecular formula is C22H33N5O3. The fourth-order valence-electron chi connectivity index (χ4n) is 3.84. The van der Waals surface area contributed by atoms with Crippen molar-refractivity contribution in [3.05, 3.63) is 34.1 Å². The highest BCUT2D eigenvalue weighted by Crippen LogP contribution is 2.23. The van der Waals surface area contributed by atoms with E-state index in [4.69, 9.17) is 4.42 Å². The van der Waals surface area contributed by atoms with Crippen molar-refractivity contribution >= 4 is 22.5 Å². The van der Waals surface area contributed by atoms with E-state index in [-0.39, 0.29) is 11.5 Å². The van der Waals surface area contributed by atoms with Gasteiger partial charge in [-0.25, -0.2) is 4.68 Å². The Balaban J connectivity index is 1.59. The summed E-state index contributed by atoms with van der Waals surface area (Å²) in [6.07, 6.45) is 2.59. The Morgan fingerprint density at radius 3 is 2.63 bits per heavy atom. The van der Waals surface area contributed by atoms with Crippen molar-refractivity contribution in [3.8, 4) is 0 Å². The Morgan fingerprint density at radius 2 is 1.93 bits per heavy atom. The van der Waals surface area contributed by atoms with Gasteiger partial charge in [0, 0.05) is 38.1 Å². The van der Waals surface area contributed by atoms with Gasteiger partial charge in [0.1, 0.15) is 17.1 Å². The Labute approximate surface area is 176 Å². The third kappa shape index (κ3) is 4.75. The maximum absolute atomic E-state index is 12.9. The number of fused-ring (bicyclic) bond motifs is 3. The van der Waals surface area contributed by atoms with Crippen LogP contribution in [0.3, 0.4) is 0 Å². The number of rotatable bonds is 11. The van der Waals surface area contributed by atoms with E-state index in [2.05, 4.69) is 29.2 Å². The van der Waals surface area contributed by atoms with Crippen LogP contribution >= 0.6 is 0 Å². The third-order valence-corrected chi connectivity index (χ3v) is 5.52. The minimum Gasteiger partial charge on any atom is -0.460 e. The van der Waals surface area contributed by atoms with Gasteiger partial charge in [0.05, 0.1) is 5.52 Å². The minimum atomic E-state index is -0.157. The lowest BCUT2D eigenvalue weighted by atomic mass is 10.3. The highest BCUT2D eigenvalue weighted by atomic mass is 16.3. The predicted molar refractivity (Wildman–Crippen MR) is 118 cm³/mol. The van der Waals surface area contributed by atoms with E-state index in [1.807, 2.05) is 24.3 Å². The lowest BCUT2D eigenvalue weighted by molar-refractivity contribution is -0.121. The van der Waals surface area contributed by atoms with Crippen LogP contribution in [0.5, 0.6) is 0 Å². The average molecular weight is 416 g/mol. The van der Waals surface area contributed by atoms with Crippen molar-refractivity contribution in [3.63, 3.8) is 0 Å². The summed E-state index contributed by atoms with van der Waals surface area (Å²) in [7, 11) is 0. The summed E-state index contributed by atoms with van der Waals surface area (Å²) in [6.45, 7) is 12.3. The van der Waals surface area contributed by atoms with Gasteiger partial charge in [0.15, 0.2) is 5.58 Å². The summed E-state index contributed by atoms with van der Waals surface area (Å²) in [6, 6.07) is 3.71. The van der Waals surface area contributed by atoms with Gasteiger partial charge in [0.2, 0.25) is 5.91 Å². The molecule has 8 heteroatoms. The number of hydrogen-bond donors (Lipinski definition) is 1. The molecule has 3 rings (SSSR count). The number of aromatic nitrogens is 3. The van der Waals surface area contributed by atoms with Crippen molar-refractivity contribution in [1.82, 2.24) is 24.4 Å². The standard InChI is InChI=1S/C22H33N5O3/c1-5-20-24-26(13-8-10-21(28)23-11-9-12-25(6-2)7-3)22(29)18-15-19-17(27(18)20)14-16(4)30-19/h14-15H,5-13H2,1-4H3,(H,23,28). The topological polar surface area (TPSA) is 84.8 Å². The summed E-state index contributed by atoms with van der Waals surface area (Å²) in [5.74, 6) is 1.64. The van der Waals surface area contributed by atoms with Gasteiger partial charge >= 0.3 is 0 Å². The van der Waals surface area contributed by atoms with Gasteiger partial charge in [-0.15, -0.1) is 0 Å². The number of nitrogens with one attached hydrogen (secondary N) is 1. The zero-order valence-electron chi connectivity index (χ0n) is 18.5. The molecule has 0 spiro atoms. The molecule has 1 N–H and O–H groups in total. The van der Waals surface area contributed by atoms with Crippen molar-refractivity contribution in [2.75, 3.05) is 26.2 Å². The molecule has 0 aliphatic heterocycles. The largest absolute Gasteiger partial charge is 0.460 e. The molecule has 3 aromatic rings. The van der Waals surface area contributed by atoms with Crippen LogP contribution in [0.2, 0.25) is 0 Å². The summed E-state index contributed by atoms with van der Waals surface area (Å²) in [4.78, 5) is 27.3. The molecule has 0 aliphatic carbocycles. The predicted octanol–water partition coefficient (Wildman–Crippen LogP) is 2.74. The maximum atomic E-state index is 12.9. The number of nitrogens with zero attached hydrogens (tertiary/aromatic N) is 4. The second kappa shape index (κ2) is 9.93. The van der Waals surface area contributed by atoms with E-state index < -0.39 is 0 Å². The highest BCUT2D eigenvalue weighted by molar-refractivity contribution is 5.83. The summed E-state index contributed by atoms with van der Waals surface area (Å²) in [5, 5.41) is 7.52. The normalized spacial score (nSPS) is 11.8. The molecule has 0 aliphatic rings. The Bertz CT molecular complexity index is 1060. The molecule has 0 saturated carbocycles. The quantitative estimate of drug-likeness (QED) is 0.487. The lowest BCUT2D eigenvalue weighted by Crippen LogP contribution is -2.30. The van der Waals surface area contributed by atoms with Gasteiger partial charge in [0.25, 0.3) is 5.56 Å². The van der Waals surface area contributed by atoms with E-state index >= 15 is 0 Å². The molecule has 0 unspecified atom stereocenters. The molecule has 8 nitrogen and oxygen atoms in total. The Morgan fingerprint density at radius 1 is 1.17 bits per heavy atom. The summed E-state index contributed by atoms with van der Waals surface area (Å²) >= 11 is 0. The van der Waals surface area contributed by atoms with Crippen LogP contribution in [0.4, 0.5) is 0 Å². The molecule has 164 valence electrons. The summed E-state index contributed by atoms with van der Waals surface area (Å²) < 4.78 is 9.04. The van der Waals surface area contributed by atoms with Crippen molar-refractivity contribution in [2.24, 2.45) is 0 Å². The van der Waals surface area contributed by atoms with Gasteiger partial charge in [-0.2, -0.15) is 5.10 Å².